The topological polar surface area (TPSA) is 77.0 Å². The van der Waals surface area contributed by atoms with Crippen LogP contribution >= 0.6 is 0 Å². The third-order valence-corrected chi connectivity index (χ3v) is 2.98. The Morgan fingerprint density at radius 3 is 2.95 bits per heavy atom. The second-order valence-corrected chi connectivity index (χ2v) is 4.41. The molecule has 96 valence electrons. The van der Waals surface area contributed by atoms with Crippen LogP contribution in [0.25, 0.3) is 10.8 Å². The summed E-state index contributed by atoms with van der Waals surface area (Å²) in [4.78, 5) is 4.14. The first kappa shape index (κ1) is 11.5. The van der Waals surface area contributed by atoms with Crippen LogP contribution < -0.4 is 11.1 Å². The van der Waals surface area contributed by atoms with Crippen molar-refractivity contribution in [3.63, 3.8) is 0 Å². The predicted molar refractivity (Wildman–Crippen MR) is 74.7 cm³/mol. The summed E-state index contributed by atoms with van der Waals surface area (Å²) < 4.78 is 5.17. The number of nitrogens with two attached hydrogens (primary N) is 1. The van der Waals surface area contributed by atoms with Gasteiger partial charge in [0.25, 0.3) is 0 Å². The number of benzene rings is 1. The van der Waals surface area contributed by atoms with E-state index in [9.17, 15) is 0 Å². The number of rotatable bonds is 3. The van der Waals surface area contributed by atoms with Crippen LogP contribution in [0.5, 0.6) is 0 Å². The Morgan fingerprint density at radius 2 is 2.16 bits per heavy atom. The first-order valence-corrected chi connectivity index (χ1v) is 6.02. The molecule has 0 amide bonds. The molecule has 0 unspecified atom stereocenters. The van der Waals surface area contributed by atoms with Gasteiger partial charge in [-0.1, -0.05) is 5.16 Å². The molecule has 2 aromatic heterocycles. The molecule has 2 heterocycles. The fourth-order valence-electron chi connectivity index (χ4n) is 2.05. The highest BCUT2D eigenvalue weighted by Gasteiger charge is 2.05. The minimum atomic E-state index is 0.578. The van der Waals surface area contributed by atoms with Gasteiger partial charge in [0.05, 0.1) is 12.2 Å². The van der Waals surface area contributed by atoms with E-state index >= 15 is 0 Å². The summed E-state index contributed by atoms with van der Waals surface area (Å²) in [5, 5.41) is 9.17. The molecule has 0 aliphatic rings. The van der Waals surface area contributed by atoms with Gasteiger partial charge in [-0.2, -0.15) is 0 Å². The molecular weight excluding hydrogens is 240 g/mol. The Morgan fingerprint density at radius 1 is 1.26 bits per heavy atom. The van der Waals surface area contributed by atoms with Crippen molar-refractivity contribution in [2.24, 2.45) is 0 Å². The Kier molecular flexibility index (Phi) is 2.79. The van der Waals surface area contributed by atoms with E-state index in [4.69, 9.17) is 10.3 Å². The van der Waals surface area contributed by atoms with E-state index in [0.717, 1.165) is 33.6 Å². The summed E-state index contributed by atoms with van der Waals surface area (Å²) in [6, 6.07) is 7.65. The molecule has 3 N–H and O–H groups in total. The second kappa shape index (κ2) is 4.61. The number of nitrogen functional groups attached to an aromatic ring is 1. The molecule has 5 heteroatoms. The monoisotopic (exact) mass is 254 g/mol. The van der Waals surface area contributed by atoms with E-state index in [2.05, 4.69) is 15.5 Å². The van der Waals surface area contributed by atoms with Gasteiger partial charge < -0.3 is 15.6 Å². The summed E-state index contributed by atoms with van der Waals surface area (Å²) in [5.41, 5.74) is 8.55. The molecule has 0 atom stereocenters. The predicted octanol–water partition coefficient (Wildman–Crippen LogP) is 2.73. The van der Waals surface area contributed by atoms with Gasteiger partial charge in [0, 0.05) is 40.6 Å². The number of hydrogen-bond donors (Lipinski definition) is 2. The maximum atomic E-state index is 5.95. The van der Waals surface area contributed by atoms with Crippen LogP contribution in [0.15, 0.2) is 41.2 Å². The molecule has 0 fully saturated rings. The Labute approximate surface area is 110 Å². The number of aromatic nitrogens is 2. The molecule has 3 aromatic rings. The summed E-state index contributed by atoms with van der Waals surface area (Å²) in [6.45, 7) is 2.48. The van der Waals surface area contributed by atoms with Crippen molar-refractivity contribution in [2.75, 3.05) is 11.1 Å². The van der Waals surface area contributed by atoms with Gasteiger partial charge >= 0.3 is 0 Å². The smallest absolute Gasteiger partial charge is 0.156 e. The van der Waals surface area contributed by atoms with Gasteiger partial charge in [-0.3, -0.25) is 4.98 Å². The highest BCUT2D eigenvalue weighted by Crippen LogP contribution is 2.27. The summed E-state index contributed by atoms with van der Waals surface area (Å²) in [5.74, 6) is 0.798. The van der Waals surface area contributed by atoms with Gasteiger partial charge in [-0.15, -0.1) is 0 Å². The molecule has 3 rings (SSSR count). The van der Waals surface area contributed by atoms with Crippen LogP contribution in [0.3, 0.4) is 0 Å². The second-order valence-electron chi connectivity index (χ2n) is 4.41. The largest absolute Gasteiger partial charge is 0.398 e. The van der Waals surface area contributed by atoms with Crippen molar-refractivity contribution in [1.29, 1.82) is 0 Å². The van der Waals surface area contributed by atoms with E-state index in [1.807, 2.05) is 31.2 Å². The summed E-state index contributed by atoms with van der Waals surface area (Å²) >= 11 is 0. The maximum Gasteiger partial charge on any atom is 0.156 e. The normalized spacial score (nSPS) is 10.8. The lowest BCUT2D eigenvalue weighted by atomic mass is 10.1. The van der Waals surface area contributed by atoms with Crippen LogP contribution in [0, 0.1) is 6.92 Å². The minimum Gasteiger partial charge on any atom is -0.398 e. The zero-order chi connectivity index (χ0) is 13.2. The van der Waals surface area contributed by atoms with E-state index in [-0.39, 0.29) is 0 Å². The Hall–Kier alpha value is -2.56. The Bertz CT molecular complexity index is 720. The zero-order valence-electron chi connectivity index (χ0n) is 10.6. The Balaban J connectivity index is 1.91. The number of aryl methyl sites for hydroxylation is 1. The number of nitrogens with one attached hydrogen (secondary N) is 1. The van der Waals surface area contributed by atoms with Crippen LogP contribution in [-0.2, 0) is 6.54 Å². The highest BCUT2D eigenvalue weighted by molar-refractivity contribution is 6.00. The first-order valence-electron chi connectivity index (χ1n) is 6.02. The molecule has 0 saturated carbocycles. The number of anilines is 2. The number of pyridine rings is 1. The SMILES string of the molecule is Cc1cc(CNc2ccc(N)c3ccncc23)on1. The van der Waals surface area contributed by atoms with Crippen molar-refractivity contribution in [3.05, 3.63) is 48.1 Å². The van der Waals surface area contributed by atoms with Gasteiger partial charge in [0.15, 0.2) is 5.76 Å². The molecule has 0 aliphatic heterocycles. The molecule has 0 radical (unpaired) electrons. The quantitative estimate of drug-likeness (QED) is 0.703. The van der Waals surface area contributed by atoms with E-state index in [1.165, 1.54) is 0 Å². The number of hydrogen-bond acceptors (Lipinski definition) is 5. The summed E-state index contributed by atoms with van der Waals surface area (Å²) in [7, 11) is 0. The van der Waals surface area contributed by atoms with Crippen LogP contribution in [-0.4, -0.2) is 10.1 Å². The van der Waals surface area contributed by atoms with Crippen molar-refractivity contribution in [1.82, 2.24) is 10.1 Å². The van der Waals surface area contributed by atoms with E-state index in [1.54, 1.807) is 12.4 Å². The molecule has 1 aromatic carbocycles. The van der Waals surface area contributed by atoms with Crippen LogP contribution in [0.4, 0.5) is 11.4 Å². The van der Waals surface area contributed by atoms with Gasteiger partial charge in [-0.05, 0) is 25.1 Å². The first-order chi connectivity index (χ1) is 9.24. The molecule has 5 nitrogen and oxygen atoms in total. The van der Waals surface area contributed by atoms with Crippen LogP contribution in [0.1, 0.15) is 11.5 Å². The maximum absolute atomic E-state index is 5.95. The van der Waals surface area contributed by atoms with Gasteiger partial charge in [0.2, 0.25) is 0 Å². The number of nitrogens with zero attached hydrogens (tertiary/aromatic N) is 2. The van der Waals surface area contributed by atoms with E-state index in [0.29, 0.717) is 6.54 Å². The molecule has 19 heavy (non-hydrogen) atoms. The van der Waals surface area contributed by atoms with Gasteiger partial charge in [-0.25, -0.2) is 0 Å². The van der Waals surface area contributed by atoms with Gasteiger partial charge in [0.1, 0.15) is 0 Å². The molecule has 0 saturated heterocycles. The molecule has 0 bridgehead atoms. The fourth-order valence-corrected chi connectivity index (χ4v) is 2.05. The lowest BCUT2D eigenvalue weighted by Crippen LogP contribution is -2.00. The van der Waals surface area contributed by atoms with Crippen molar-refractivity contribution in [2.45, 2.75) is 13.5 Å². The van der Waals surface area contributed by atoms with Crippen LogP contribution in [0.2, 0.25) is 0 Å². The lowest BCUT2D eigenvalue weighted by Gasteiger charge is -2.09. The van der Waals surface area contributed by atoms with Crippen molar-refractivity contribution < 1.29 is 4.52 Å². The van der Waals surface area contributed by atoms with Crippen molar-refractivity contribution >= 4 is 22.1 Å². The average molecular weight is 254 g/mol. The van der Waals surface area contributed by atoms with Crippen molar-refractivity contribution in [3.8, 4) is 0 Å². The molecular formula is C14H14N4O. The minimum absolute atomic E-state index is 0.578. The molecule has 0 aliphatic carbocycles. The summed E-state index contributed by atoms with van der Waals surface area (Å²) in [6.07, 6.45) is 3.54. The fraction of sp³-hybridized carbons (Fsp3) is 0.143. The third-order valence-electron chi connectivity index (χ3n) is 2.98. The number of fused-ring (bicyclic) bond motifs is 1. The lowest BCUT2D eigenvalue weighted by molar-refractivity contribution is 0.384. The zero-order valence-corrected chi connectivity index (χ0v) is 10.6. The molecule has 0 spiro atoms. The van der Waals surface area contributed by atoms with E-state index < -0.39 is 0 Å². The average Bonchev–Trinajstić information content (AvgIpc) is 2.84. The third kappa shape index (κ3) is 2.22. The highest BCUT2D eigenvalue weighted by atomic mass is 16.5. The standard InChI is InChI=1S/C14H14N4O/c1-9-6-10(19-18-9)7-17-14-3-2-13(15)11-4-5-16-8-12(11)14/h2-6,8,17H,7,15H2,1H3.